The predicted octanol–water partition coefficient (Wildman–Crippen LogP) is 0.307. The molecule has 1 aromatic carbocycles. The van der Waals surface area contributed by atoms with E-state index in [1.807, 2.05) is 0 Å². The van der Waals surface area contributed by atoms with Crippen LogP contribution in [0.1, 0.15) is 17.3 Å². The van der Waals surface area contributed by atoms with Crippen molar-refractivity contribution in [3.63, 3.8) is 0 Å². The summed E-state index contributed by atoms with van der Waals surface area (Å²) in [6.45, 7) is 1.19. The fourth-order valence-corrected chi connectivity index (χ4v) is 2.04. The maximum atomic E-state index is 13.0. The van der Waals surface area contributed by atoms with Crippen LogP contribution in [-0.2, 0) is 11.3 Å². The summed E-state index contributed by atoms with van der Waals surface area (Å²) in [5.41, 5.74) is -1.85. The molecule has 0 saturated heterocycles. The Labute approximate surface area is 130 Å². The van der Waals surface area contributed by atoms with Gasteiger partial charge in [0, 0.05) is 6.20 Å². The fraction of sp³-hybridized carbons (Fsp3) is 0.267. The SMILES string of the molecule is CCOC(=O)c1cn(CCO)c(=O)n(-c2ccc(F)cc2)c1=O. The lowest BCUT2D eigenvalue weighted by Gasteiger charge is -2.12. The number of hydrogen-bond donors (Lipinski definition) is 1. The number of nitrogens with zero attached hydrogens (tertiary/aromatic N) is 2. The molecule has 0 aliphatic carbocycles. The van der Waals surface area contributed by atoms with Crippen molar-refractivity contribution in [3.05, 3.63) is 62.7 Å². The van der Waals surface area contributed by atoms with E-state index in [2.05, 4.69) is 0 Å². The highest BCUT2D eigenvalue weighted by molar-refractivity contribution is 5.88. The van der Waals surface area contributed by atoms with Crippen molar-refractivity contribution in [2.24, 2.45) is 0 Å². The van der Waals surface area contributed by atoms with Crippen molar-refractivity contribution in [2.75, 3.05) is 13.2 Å². The lowest BCUT2D eigenvalue weighted by molar-refractivity contribution is 0.0522. The second kappa shape index (κ2) is 7.01. The molecule has 0 amide bonds. The molecule has 0 unspecified atom stereocenters. The summed E-state index contributed by atoms with van der Waals surface area (Å²) in [7, 11) is 0. The van der Waals surface area contributed by atoms with E-state index >= 15 is 0 Å². The average molecular weight is 322 g/mol. The number of aliphatic hydroxyl groups is 1. The third kappa shape index (κ3) is 3.37. The minimum absolute atomic E-state index is 0.0634. The van der Waals surface area contributed by atoms with Crippen LogP contribution in [0, 0.1) is 5.82 Å². The average Bonchev–Trinajstić information content (AvgIpc) is 2.52. The van der Waals surface area contributed by atoms with Crippen LogP contribution in [0.2, 0.25) is 0 Å². The summed E-state index contributed by atoms with van der Waals surface area (Å²) in [6, 6.07) is 4.68. The first-order valence-corrected chi connectivity index (χ1v) is 6.90. The quantitative estimate of drug-likeness (QED) is 0.800. The van der Waals surface area contributed by atoms with Gasteiger partial charge in [0.05, 0.1) is 25.4 Å². The van der Waals surface area contributed by atoms with Gasteiger partial charge < -0.3 is 9.84 Å². The van der Waals surface area contributed by atoms with Gasteiger partial charge in [-0.15, -0.1) is 0 Å². The number of benzene rings is 1. The molecule has 0 bridgehead atoms. The maximum Gasteiger partial charge on any atom is 0.345 e. The lowest BCUT2D eigenvalue weighted by atomic mass is 10.2. The second-order valence-corrected chi connectivity index (χ2v) is 4.58. The second-order valence-electron chi connectivity index (χ2n) is 4.58. The number of aromatic nitrogens is 2. The molecule has 1 heterocycles. The summed E-state index contributed by atoms with van der Waals surface area (Å²) < 4.78 is 19.6. The van der Waals surface area contributed by atoms with E-state index in [1.54, 1.807) is 6.92 Å². The molecule has 2 aromatic rings. The van der Waals surface area contributed by atoms with Crippen LogP contribution in [0.3, 0.4) is 0 Å². The van der Waals surface area contributed by atoms with Crippen LogP contribution in [-0.4, -0.2) is 33.4 Å². The van der Waals surface area contributed by atoms with Gasteiger partial charge in [-0.25, -0.2) is 18.5 Å². The number of esters is 1. The minimum Gasteiger partial charge on any atom is -0.462 e. The first-order chi connectivity index (χ1) is 11.0. The Bertz CT molecular complexity index is 823. The lowest BCUT2D eigenvalue weighted by Crippen LogP contribution is -2.42. The summed E-state index contributed by atoms with van der Waals surface area (Å²) >= 11 is 0. The van der Waals surface area contributed by atoms with Gasteiger partial charge in [-0.2, -0.15) is 0 Å². The zero-order valence-electron chi connectivity index (χ0n) is 12.4. The first-order valence-electron chi connectivity index (χ1n) is 6.90. The molecule has 0 aliphatic rings. The maximum absolute atomic E-state index is 13.0. The summed E-state index contributed by atoms with van der Waals surface area (Å²) in [4.78, 5) is 36.7. The number of carbonyl (C=O) groups is 1. The smallest absolute Gasteiger partial charge is 0.345 e. The Morgan fingerprint density at radius 3 is 2.48 bits per heavy atom. The number of ether oxygens (including phenoxy) is 1. The van der Waals surface area contributed by atoms with Gasteiger partial charge in [-0.05, 0) is 31.2 Å². The highest BCUT2D eigenvalue weighted by Gasteiger charge is 2.19. The van der Waals surface area contributed by atoms with E-state index in [0.717, 1.165) is 27.5 Å². The van der Waals surface area contributed by atoms with Crippen molar-refractivity contribution >= 4 is 5.97 Å². The third-order valence-electron chi connectivity index (χ3n) is 3.08. The first kappa shape index (κ1) is 16.6. The van der Waals surface area contributed by atoms with Crippen molar-refractivity contribution in [2.45, 2.75) is 13.5 Å². The van der Waals surface area contributed by atoms with Gasteiger partial charge in [0.1, 0.15) is 11.4 Å². The van der Waals surface area contributed by atoms with Crippen molar-refractivity contribution in [1.82, 2.24) is 9.13 Å². The van der Waals surface area contributed by atoms with Crippen molar-refractivity contribution in [1.29, 1.82) is 0 Å². The topological polar surface area (TPSA) is 90.5 Å². The summed E-state index contributed by atoms with van der Waals surface area (Å²) in [5, 5.41) is 9.03. The Hall–Kier alpha value is -2.74. The largest absolute Gasteiger partial charge is 0.462 e. The van der Waals surface area contributed by atoms with Crippen molar-refractivity contribution in [3.8, 4) is 5.69 Å². The standard InChI is InChI=1S/C15H15FN2O5/c1-2-23-14(21)12-9-17(7-8-19)15(22)18(13(12)20)11-5-3-10(16)4-6-11/h3-6,9,19H,2,7-8H2,1H3. The molecule has 0 atom stereocenters. The zero-order chi connectivity index (χ0) is 17.0. The number of rotatable bonds is 5. The van der Waals surface area contributed by atoms with Crippen molar-refractivity contribution < 1.29 is 19.0 Å². The third-order valence-corrected chi connectivity index (χ3v) is 3.08. The monoisotopic (exact) mass is 322 g/mol. The van der Waals surface area contributed by atoms with Gasteiger partial charge in [0.15, 0.2) is 0 Å². The molecule has 23 heavy (non-hydrogen) atoms. The van der Waals surface area contributed by atoms with E-state index < -0.39 is 23.0 Å². The van der Waals surface area contributed by atoms with Crippen LogP contribution < -0.4 is 11.2 Å². The van der Waals surface area contributed by atoms with Crippen LogP contribution in [0.5, 0.6) is 0 Å². The molecule has 0 saturated carbocycles. The molecule has 8 heteroatoms. The molecule has 7 nitrogen and oxygen atoms in total. The fourth-order valence-electron chi connectivity index (χ4n) is 2.04. The molecule has 122 valence electrons. The Balaban J connectivity index is 2.73. The molecule has 0 spiro atoms. The van der Waals surface area contributed by atoms with Gasteiger partial charge in [0.2, 0.25) is 0 Å². The molecule has 1 N–H and O–H groups in total. The minimum atomic E-state index is -0.875. The van der Waals surface area contributed by atoms with E-state index in [9.17, 15) is 18.8 Å². The number of halogens is 1. The molecule has 0 radical (unpaired) electrons. The van der Waals surface area contributed by atoms with E-state index in [4.69, 9.17) is 9.84 Å². The van der Waals surface area contributed by atoms with Gasteiger partial charge >= 0.3 is 11.7 Å². The molecule has 0 fully saturated rings. The highest BCUT2D eigenvalue weighted by atomic mass is 19.1. The Morgan fingerprint density at radius 2 is 1.91 bits per heavy atom. The van der Waals surface area contributed by atoms with E-state index in [-0.39, 0.29) is 31.0 Å². The van der Waals surface area contributed by atoms with Crippen LogP contribution in [0.4, 0.5) is 4.39 Å². The molecule has 2 rings (SSSR count). The highest BCUT2D eigenvalue weighted by Crippen LogP contribution is 2.06. The molecule has 1 aromatic heterocycles. The van der Waals surface area contributed by atoms with Gasteiger partial charge in [-0.3, -0.25) is 9.36 Å². The zero-order valence-corrected chi connectivity index (χ0v) is 12.4. The summed E-state index contributed by atoms with van der Waals surface area (Å²) in [5.74, 6) is -1.40. The van der Waals surface area contributed by atoms with Crippen LogP contribution in [0.15, 0.2) is 40.1 Å². The molecular weight excluding hydrogens is 307 g/mol. The van der Waals surface area contributed by atoms with Gasteiger partial charge in [-0.1, -0.05) is 0 Å². The Kier molecular flexibility index (Phi) is 5.07. The molecular formula is C15H15FN2O5. The van der Waals surface area contributed by atoms with Crippen LogP contribution in [0.25, 0.3) is 5.69 Å². The number of carbonyl (C=O) groups excluding carboxylic acids is 1. The van der Waals surface area contributed by atoms with Crippen LogP contribution >= 0.6 is 0 Å². The molecule has 0 aliphatic heterocycles. The number of hydrogen-bond acceptors (Lipinski definition) is 5. The normalized spacial score (nSPS) is 10.6. The van der Waals surface area contributed by atoms with E-state index in [1.165, 1.54) is 12.1 Å². The van der Waals surface area contributed by atoms with Gasteiger partial charge in [0.25, 0.3) is 5.56 Å². The Morgan fingerprint density at radius 1 is 1.26 bits per heavy atom. The summed E-state index contributed by atoms with van der Waals surface area (Å²) in [6.07, 6.45) is 1.05. The number of aliphatic hydroxyl groups excluding tert-OH is 1. The predicted molar refractivity (Wildman–Crippen MR) is 79.3 cm³/mol. The van der Waals surface area contributed by atoms with E-state index in [0.29, 0.717) is 0 Å².